The van der Waals surface area contributed by atoms with Crippen molar-refractivity contribution in [3.8, 4) is 5.75 Å². The lowest BCUT2D eigenvalue weighted by atomic mass is 10.1. The molecule has 0 spiro atoms. The van der Waals surface area contributed by atoms with Crippen molar-refractivity contribution >= 4 is 38.9 Å². The molecule has 1 unspecified atom stereocenters. The van der Waals surface area contributed by atoms with Crippen molar-refractivity contribution < 1.29 is 17.9 Å². The Morgan fingerprint density at radius 1 is 1.03 bits per heavy atom. The molecule has 0 bridgehead atoms. The van der Waals surface area contributed by atoms with Gasteiger partial charge in [-0.3, -0.25) is 9.10 Å². The van der Waals surface area contributed by atoms with Gasteiger partial charge in [-0.1, -0.05) is 29.8 Å². The van der Waals surface area contributed by atoms with Crippen LogP contribution < -0.4 is 19.3 Å². The fourth-order valence-electron chi connectivity index (χ4n) is 4.45. The molecule has 0 saturated carbocycles. The van der Waals surface area contributed by atoms with E-state index >= 15 is 0 Å². The van der Waals surface area contributed by atoms with E-state index < -0.39 is 22.5 Å². The Morgan fingerprint density at radius 3 is 2.32 bits per heavy atom. The number of amides is 1. The Balaban J connectivity index is 1.51. The number of carbonyl (C=O) groups excluding carboxylic acids is 1. The first-order valence-electron chi connectivity index (χ1n) is 12.3. The van der Waals surface area contributed by atoms with E-state index in [0.717, 1.165) is 23.0 Å². The maximum atomic E-state index is 13.6. The number of halogens is 1. The van der Waals surface area contributed by atoms with Gasteiger partial charge in [-0.25, -0.2) is 8.42 Å². The number of hydrogen-bond acceptors (Lipinski definition) is 5. The lowest BCUT2D eigenvalue weighted by molar-refractivity contribution is -0.120. The van der Waals surface area contributed by atoms with Crippen LogP contribution in [0.2, 0.25) is 5.02 Å². The van der Waals surface area contributed by atoms with E-state index in [-0.39, 0.29) is 10.9 Å². The summed E-state index contributed by atoms with van der Waals surface area (Å²) in [5.41, 5.74) is 2.43. The standard InChI is InChI=1S/C28H32ClN3O4S/c1-21(22-9-11-24(12-10-22)31-17-4-3-5-18-31)30-28(33)20-32(25-8-6-7-23(29)19-25)37(34,35)27-15-13-26(36-2)14-16-27/h6-16,19,21H,3-5,17-18,20H2,1-2H3,(H,30,33). The summed E-state index contributed by atoms with van der Waals surface area (Å²) >= 11 is 6.15. The van der Waals surface area contributed by atoms with Crippen molar-refractivity contribution in [3.63, 3.8) is 0 Å². The van der Waals surface area contributed by atoms with Gasteiger partial charge in [0.05, 0.1) is 23.7 Å². The molecule has 1 atom stereocenters. The first kappa shape index (κ1) is 26.8. The van der Waals surface area contributed by atoms with Crippen molar-refractivity contribution in [2.45, 2.75) is 37.1 Å². The Hall–Kier alpha value is -3.23. The van der Waals surface area contributed by atoms with Crippen LogP contribution in [0.5, 0.6) is 5.75 Å². The zero-order valence-electron chi connectivity index (χ0n) is 21.1. The molecule has 37 heavy (non-hydrogen) atoms. The first-order valence-corrected chi connectivity index (χ1v) is 14.2. The van der Waals surface area contributed by atoms with Crippen LogP contribution in [0.15, 0.2) is 77.7 Å². The molecule has 1 amide bonds. The van der Waals surface area contributed by atoms with E-state index in [9.17, 15) is 13.2 Å². The lowest BCUT2D eigenvalue weighted by Gasteiger charge is -2.29. The number of rotatable bonds is 9. The quantitative estimate of drug-likeness (QED) is 0.392. The van der Waals surface area contributed by atoms with Crippen LogP contribution in [0.4, 0.5) is 11.4 Å². The number of methoxy groups -OCH3 is 1. The van der Waals surface area contributed by atoms with Crippen molar-refractivity contribution in [2.24, 2.45) is 0 Å². The van der Waals surface area contributed by atoms with E-state index in [2.05, 4.69) is 22.3 Å². The van der Waals surface area contributed by atoms with Gasteiger partial charge in [0.25, 0.3) is 10.0 Å². The van der Waals surface area contributed by atoms with Gasteiger partial charge in [-0.15, -0.1) is 0 Å². The molecular formula is C28H32ClN3O4S. The fourth-order valence-corrected chi connectivity index (χ4v) is 6.05. The molecule has 3 aromatic rings. The SMILES string of the molecule is COc1ccc(S(=O)(=O)N(CC(=O)NC(C)c2ccc(N3CCCCC3)cc2)c2cccc(Cl)c2)cc1. The summed E-state index contributed by atoms with van der Waals surface area (Å²) in [6.07, 6.45) is 3.69. The lowest BCUT2D eigenvalue weighted by Crippen LogP contribution is -2.41. The summed E-state index contributed by atoms with van der Waals surface area (Å²) in [7, 11) is -2.55. The fraction of sp³-hybridized carbons (Fsp3) is 0.321. The molecule has 4 rings (SSSR count). The van der Waals surface area contributed by atoms with Gasteiger partial charge >= 0.3 is 0 Å². The van der Waals surface area contributed by atoms with Crippen molar-refractivity contribution in [1.82, 2.24) is 5.32 Å². The molecule has 1 fully saturated rings. The predicted octanol–water partition coefficient (Wildman–Crippen LogP) is 5.41. The molecule has 1 N–H and O–H groups in total. The molecule has 9 heteroatoms. The summed E-state index contributed by atoms with van der Waals surface area (Å²) < 4.78 is 33.4. The molecule has 7 nitrogen and oxygen atoms in total. The summed E-state index contributed by atoms with van der Waals surface area (Å²) in [6.45, 7) is 3.61. The topological polar surface area (TPSA) is 79.0 Å². The third kappa shape index (κ3) is 6.56. The summed E-state index contributed by atoms with van der Waals surface area (Å²) in [5, 5.41) is 3.31. The summed E-state index contributed by atoms with van der Waals surface area (Å²) in [5.74, 6) is 0.107. The van der Waals surface area contributed by atoms with Gasteiger partial charge in [-0.05, 0) is 86.3 Å². The highest BCUT2D eigenvalue weighted by molar-refractivity contribution is 7.92. The second-order valence-electron chi connectivity index (χ2n) is 9.10. The minimum absolute atomic E-state index is 0.0439. The molecular weight excluding hydrogens is 510 g/mol. The van der Waals surface area contributed by atoms with Gasteiger partial charge in [0.1, 0.15) is 12.3 Å². The molecule has 1 aliphatic rings. The molecule has 0 aliphatic carbocycles. The van der Waals surface area contributed by atoms with Crippen molar-refractivity contribution in [2.75, 3.05) is 35.9 Å². The molecule has 1 saturated heterocycles. The number of benzene rings is 3. The number of nitrogens with zero attached hydrogens (tertiary/aromatic N) is 2. The summed E-state index contributed by atoms with van der Waals surface area (Å²) in [6, 6.07) is 20.4. The van der Waals surface area contributed by atoms with Crippen LogP contribution in [0.1, 0.15) is 37.8 Å². The maximum absolute atomic E-state index is 13.6. The number of hydrogen-bond donors (Lipinski definition) is 1. The average Bonchev–Trinajstić information content (AvgIpc) is 2.92. The van der Waals surface area contributed by atoms with Crippen molar-refractivity contribution in [3.05, 3.63) is 83.4 Å². The maximum Gasteiger partial charge on any atom is 0.264 e. The predicted molar refractivity (Wildman–Crippen MR) is 148 cm³/mol. The van der Waals surface area contributed by atoms with E-state index in [1.54, 1.807) is 30.3 Å². The van der Waals surface area contributed by atoms with E-state index in [1.165, 1.54) is 50.3 Å². The highest BCUT2D eigenvalue weighted by Gasteiger charge is 2.28. The number of anilines is 2. The van der Waals surface area contributed by atoms with Crippen molar-refractivity contribution in [1.29, 1.82) is 0 Å². The van der Waals surface area contributed by atoms with Gasteiger partial charge in [0.15, 0.2) is 0 Å². The number of nitrogens with one attached hydrogen (secondary N) is 1. The molecule has 3 aromatic carbocycles. The van der Waals surface area contributed by atoms with Gasteiger partial charge in [0, 0.05) is 23.8 Å². The number of ether oxygens (including phenoxy) is 1. The zero-order valence-corrected chi connectivity index (χ0v) is 22.6. The second kappa shape index (κ2) is 11.9. The molecule has 1 aliphatic heterocycles. The molecule has 0 aromatic heterocycles. The van der Waals surface area contributed by atoms with Gasteiger partial charge in [-0.2, -0.15) is 0 Å². The van der Waals surface area contributed by atoms with Crippen LogP contribution >= 0.6 is 11.6 Å². The van der Waals surface area contributed by atoms with Crippen LogP contribution in [0, 0.1) is 0 Å². The zero-order chi connectivity index (χ0) is 26.4. The van der Waals surface area contributed by atoms with Gasteiger partial charge < -0.3 is 15.0 Å². The molecule has 196 valence electrons. The monoisotopic (exact) mass is 541 g/mol. The molecule has 0 radical (unpaired) electrons. The Morgan fingerprint density at radius 2 is 1.70 bits per heavy atom. The third-order valence-electron chi connectivity index (χ3n) is 6.52. The normalized spacial score (nSPS) is 14.6. The Labute approximate surface area is 224 Å². The second-order valence-corrected chi connectivity index (χ2v) is 11.4. The van der Waals surface area contributed by atoms with Crippen LogP contribution in [-0.2, 0) is 14.8 Å². The van der Waals surface area contributed by atoms with Crippen LogP contribution in [0.3, 0.4) is 0 Å². The largest absolute Gasteiger partial charge is 0.497 e. The number of sulfonamides is 1. The highest BCUT2D eigenvalue weighted by Crippen LogP contribution is 2.28. The van der Waals surface area contributed by atoms with Gasteiger partial charge in [0.2, 0.25) is 5.91 Å². The van der Waals surface area contributed by atoms with Crippen LogP contribution in [-0.4, -0.2) is 41.1 Å². The minimum Gasteiger partial charge on any atom is -0.497 e. The molecule has 1 heterocycles. The number of carbonyl (C=O) groups is 1. The first-order chi connectivity index (χ1) is 17.8. The minimum atomic E-state index is -4.06. The Kier molecular flexibility index (Phi) is 8.61. The van der Waals surface area contributed by atoms with E-state index in [1.807, 2.05) is 19.1 Å². The summed E-state index contributed by atoms with van der Waals surface area (Å²) in [4.78, 5) is 15.5. The van der Waals surface area contributed by atoms with E-state index in [0.29, 0.717) is 16.5 Å². The highest BCUT2D eigenvalue weighted by atomic mass is 35.5. The third-order valence-corrected chi connectivity index (χ3v) is 8.55. The van der Waals surface area contributed by atoms with E-state index in [4.69, 9.17) is 16.3 Å². The number of piperidine rings is 1. The average molecular weight is 542 g/mol. The van der Waals surface area contributed by atoms with Crippen LogP contribution in [0.25, 0.3) is 0 Å². The smallest absolute Gasteiger partial charge is 0.264 e. The Bertz CT molecular complexity index is 1310.